The van der Waals surface area contributed by atoms with Gasteiger partial charge < -0.3 is 9.47 Å². The van der Waals surface area contributed by atoms with Gasteiger partial charge in [-0.3, -0.25) is 9.80 Å². The van der Waals surface area contributed by atoms with E-state index in [-0.39, 0.29) is 0 Å². The van der Waals surface area contributed by atoms with Crippen LogP contribution in [-0.4, -0.2) is 74.5 Å². The van der Waals surface area contributed by atoms with Crippen molar-refractivity contribution >= 4 is 0 Å². The second-order valence-electron chi connectivity index (χ2n) is 6.76. The van der Waals surface area contributed by atoms with Crippen LogP contribution >= 0.6 is 0 Å². The molecular formula is C15H30N2O2. The number of nitrogens with zero attached hydrogens (tertiary/aromatic N) is 2. The quantitative estimate of drug-likeness (QED) is 0.666. The van der Waals surface area contributed by atoms with E-state index in [0.717, 1.165) is 26.3 Å². The van der Waals surface area contributed by atoms with Crippen LogP contribution in [0, 0.1) is 5.41 Å². The Morgan fingerprint density at radius 1 is 0.789 bits per heavy atom. The van der Waals surface area contributed by atoms with E-state index in [2.05, 4.69) is 37.5 Å². The first kappa shape index (κ1) is 15.2. The second kappa shape index (κ2) is 6.53. The van der Waals surface area contributed by atoms with Crippen molar-refractivity contribution < 1.29 is 9.47 Å². The molecule has 2 aliphatic rings. The molecule has 19 heavy (non-hydrogen) atoms. The van der Waals surface area contributed by atoms with Gasteiger partial charge in [0.05, 0.1) is 25.4 Å². The van der Waals surface area contributed by atoms with Crippen LogP contribution in [-0.2, 0) is 9.47 Å². The van der Waals surface area contributed by atoms with Gasteiger partial charge in [0.2, 0.25) is 0 Å². The zero-order valence-corrected chi connectivity index (χ0v) is 13.0. The SMILES string of the molecule is CC(C)OCCN1CC2(C1)CN(CCOC(C)C)C2. The highest BCUT2D eigenvalue weighted by molar-refractivity contribution is 5.05. The van der Waals surface area contributed by atoms with Crippen molar-refractivity contribution in [3.05, 3.63) is 0 Å². The Labute approximate surface area is 118 Å². The lowest BCUT2D eigenvalue weighted by Crippen LogP contribution is -2.72. The van der Waals surface area contributed by atoms with Crippen molar-refractivity contribution in [3.8, 4) is 0 Å². The van der Waals surface area contributed by atoms with Crippen molar-refractivity contribution in [1.82, 2.24) is 9.80 Å². The summed E-state index contributed by atoms with van der Waals surface area (Å²) in [5.41, 5.74) is 0.607. The van der Waals surface area contributed by atoms with Crippen molar-refractivity contribution in [2.45, 2.75) is 39.9 Å². The molecule has 112 valence electrons. The monoisotopic (exact) mass is 270 g/mol. The third-order valence-electron chi connectivity index (χ3n) is 3.95. The fraction of sp³-hybridized carbons (Fsp3) is 1.00. The third-order valence-corrected chi connectivity index (χ3v) is 3.95. The largest absolute Gasteiger partial charge is 0.377 e. The first-order chi connectivity index (χ1) is 8.99. The fourth-order valence-corrected chi connectivity index (χ4v) is 3.16. The minimum Gasteiger partial charge on any atom is -0.377 e. The molecule has 2 saturated heterocycles. The Balaban J connectivity index is 1.49. The standard InChI is InChI=1S/C15H30N2O2/c1-13(2)18-7-5-16-9-15(10-16)11-17(12-15)6-8-19-14(3)4/h13-14H,5-12H2,1-4H3. The predicted molar refractivity (Wildman–Crippen MR) is 77.5 cm³/mol. The maximum atomic E-state index is 5.60. The lowest BCUT2D eigenvalue weighted by molar-refractivity contribution is -0.126. The molecular weight excluding hydrogens is 240 g/mol. The molecule has 2 aliphatic heterocycles. The van der Waals surface area contributed by atoms with Crippen molar-refractivity contribution in [2.75, 3.05) is 52.5 Å². The molecule has 0 aromatic carbocycles. The van der Waals surface area contributed by atoms with Crippen LogP contribution in [0.2, 0.25) is 0 Å². The topological polar surface area (TPSA) is 24.9 Å². The maximum absolute atomic E-state index is 5.60. The molecule has 0 amide bonds. The summed E-state index contributed by atoms with van der Waals surface area (Å²) in [6, 6.07) is 0. The normalized spacial score (nSPS) is 23.1. The van der Waals surface area contributed by atoms with Crippen LogP contribution in [0.4, 0.5) is 0 Å². The lowest BCUT2D eigenvalue weighted by Gasteiger charge is -2.60. The molecule has 1 spiro atoms. The summed E-state index contributed by atoms with van der Waals surface area (Å²) >= 11 is 0. The lowest BCUT2D eigenvalue weighted by atomic mass is 9.73. The molecule has 2 rings (SSSR count). The summed E-state index contributed by atoms with van der Waals surface area (Å²) in [7, 11) is 0. The summed E-state index contributed by atoms with van der Waals surface area (Å²) in [5.74, 6) is 0. The summed E-state index contributed by atoms with van der Waals surface area (Å²) in [6.45, 7) is 17.4. The first-order valence-corrected chi connectivity index (χ1v) is 7.67. The smallest absolute Gasteiger partial charge is 0.0596 e. The summed E-state index contributed by atoms with van der Waals surface area (Å²) in [5, 5.41) is 0. The zero-order valence-electron chi connectivity index (χ0n) is 13.0. The second-order valence-corrected chi connectivity index (χ2v) is 6.76. The van der Waals surface area contributed by atoms with Gasteiger partial charge in [-0.15, -0.1) is 0 Å². The highest BCUT2D eigenvalue weighted by Crippen LogP contribution is 2.39. The number of rotatable bonds is 8. The molecule has 2 heterocycles. The van der Waals surface area contributed by atoms with Gasteiger partial charge in [-0.25, -0.2) is 0 Å². The molecule has 0 atom stereocenters. The number of likely N-dealkylation sites (tertiary alicyclic amines) is 2. The molecule has 0 N–H and O–H groups in total. The third kappa shape index (κ3) is 4.42. The van der Waals surface area contributed by atoms with E-state index in [1.165, 1.54) is 26.2 Å². The van der Waals surface area contributed by atoms with Crippen LogP contribution in [0.25, 0.3) is 0 Å². The molecule has 0 radical (unpaired) electrons. The fourth-order valence-electron chi connectivity index (χ4n) is 3.16. The highest BCUT2D eigenvalue weighted by Gasteiger charge is 2.50. The summed E-state index contributed by atoms with van der Waals surface area (Å²) in [6.07, 6.45) is 0.714. The van der Waals surface area contributed by atoms with Gasteiger partial charge in [0.1, 0.15) is 0 Å². The van der Waals surface area contributed by atoms with Gasteiger partial charge in [-0.2, -0.15) is 0 Å². The molecule has 0 unspecified atom stereocenters. The molecule has 0 aromatic rings. The summed E-state index contributed by atoms with van der Waals surface area (Å²) in [4.78, 5) is 5.04. The van der Waals surface area contributed by atoms with E-state index >= 15 is 0 Å². The van der Waals surface area contributed by atoms with Crippen LogP contribution in [0.1, 0.15) is 27.7 Å². The van der Waals surface area contributed by atoms with Gasteiger partial charge in [0.25, 0.3) is 0 Å². The molecule has 0 aliphatic carbocycles. The van der Waals surface area contributed by atoms with Gasteiger partial charge in [-0.05, 0) is 27.7 Å². The number of ether oxygens (including phenoxy) is 2. The Hall–Kier alpha value is -0.160. The minimum atomic E-state index is 0.357. The van der Waals surface area contributed by atoms with Gasteiger partial charge >= 0.3 is 0 Å². The van der Waals surface area contributed by atoms with Crippen molar-refractivity contribution in [1.29, 1.82) is 0 Å². The zero-order chi connectivity index (χ0) is 13.9. The summed E-state index contributed by atoms with van der Waals surface area (Å²) < 4.78 is 11.2. The highest BCUT2D eigenvalue weighted by atomic mass is 16.5. The Kier molecular flexibility index (Phi) is 5.23. The predicted octanol–water partition coefficient (Wildman–Crippen LogP) is 1.45. The Morgan fingerprint density at radius 3 is 1.47 bits per heavy atom. The molecule has 0 bridgehead atoms. The van der Waals surface area contributed by atoms with E-state index in [9.17, 15) is 0 Å². The average Bonchev–Trinajstić information content (AvgIpc) is 2.20. The van der Waals surface area contributed by atoms with E-state index in [1.54, 1.807) is 0 Å². The number of hydrogen-bond acceptors (Lipinski definition) is 4. The van der Waals surface area contributed by atoms with E-state index in [1.807, 2.05) is 0 Å². The first-order valence-electron chi connectivity index (χ1n) is 7.67. The van der Waals surface area contributed by atoms with Crippen molar-refractivity contribution in [2.24, 2.45) is 5.41 Å². The van der Waals surface area contributed by atoms with Crippen molar-refractivity contribution in [3.63, 3.8) is 0 Å². The van der Waals surface area contributed by atoms with Crippen LogP contribution < -0.4 is 0 Å². The molecule has 4 nitrogen and oxygen atoms in total. The average molecular weight is 270 g/mol. The number of hydrogen-bond donors (Lipinski definition) is 0. The maximum Gasteiger partial charge on any atom is 0.0596 e. The Morgan fingerprint density at radius 2 is 1.16 bits per heavy atom. The molecule has 4 heteroatoms. The van der Waals surface area contributed by atoms with E-state index in [4.69, 9.17) is 9.47 Å². The van der Waals surface area contributed by atoms with Crippen LogP contribution in [0.15, 0.2) is 0 Å². The van der Waals surface area contributed by atoms with Crippen LogP contribution in [0.5, 0.6) is 0 Å². The molecule has 0 aromatic heterocycles. The molecule has 2 fully saturated rings. The van der Waals surface area contributed by atoms with E-state index in [0.29, 0.717) is 17.6 Å². The van der Waals surface area contributed by atoms with E-state index < -0.39 is 0 Å². The van der Waals surface area contributed by atoms with Gasteiger partial charge in [0.15, 0.2) is 0 Å². The minimum absolute atomic E-state index is 0.357. The Bertz CT molecular complexity index is 238. The molecule has 0 saturated carbocycles. The van der Waals surface area contributed by atoms with Gasteiger partial charge in [0, 0.05) is 44.7 Å². The van der Waals surface area contributed by atoms with Crippen LogP contribution in [0.3, 0.4) is 0 Å². The van der Waals surface area contributed by atoms with Gasteiger partial charge in [-0.1, -0.05) is 0 Å².